The van der Waals surface area contributed by atoms with Crippen molar-refractivity contribution in [2.75, 3.05) is 18.4 Å². The maximum Gasteiger partial charge on any atom is 0.407 e. The molecule has 0 fully saturated rings. The zero-order chi connectivity index (χ0) is 29.9. The topological polar surface area (TPSA) is 126 Å². The molecule has 4 N–H and O–H groups in total. The molecule has 4 rings (SSSR count). The van der Waals surface area contributed by atoms with Crippen molar-refractivity contribution in [1.29, 1.82) is 0 Å². The Morgan fingerprint density at radius 1 is 0.929 bits per heavy atom. The number of nitrogens with two attached hydrogens (primary N) is 1. The van der Waals surface area contributed by atoms with E-state index in [1.807, 2.05) is 61.2 Å². The number of alkyl carbamates (subject to hydrolysis) is 1. The predicted octanol–water partition coefficient (Wildman–Crippen LogP) is 5.79. The molecular formula is C33H37N5O4. The lowest BCUT2D eigenvalue weighted by molar-refractivity contribution is -0.127. The van der Waals surface area contributed by atoms with Gasteiger partial charge in [0.05, 0.1) is 5.69 Å². The summed E-state index contributed by atoms with van der Waals surface area (Å²) in [4.78, 5) is 44.8. The number of hydrogen-bond donors (Lipinski definition) is 3. The van der Waals surface area contributed by atoms with E-state index >= 15 is 0 Å². The van der Waals surface area contributed by atoms with Crippen molar-refractivity contribution in [1.82, 2.24) is 10.2 Å². The van der Waals surface area contributed by atoms with Crippen LogP contribution in [0.2, 0.25) is 0 Å². The monoisotopic (exact) mass is 567 g/mol. The first-order chi connectivity index (χ1) is 20.4. The van der Waals surface area contributed by atoms with Gasteiger partial charge in [0.1, 0.15) is 12.4 Å². The molecule has 9 heteroatoms. The summed E-state index contributed by atoms with van der Waals surface area (Å²) in [5, 5.41) is 5.62. The van der Waals surface area contributed by atoms with Crippen LogP contribution in [-0.4, -0.2) is 41.7 Å². The van der Waals surface area contributed by atoms with Crippen LogP contribution in [0.3, 0.4) is 0 Å². The Morgan fingerprint density at radius 3 is 2.40 bits per heavy atom. The number of carbonyl (C=O) groups is 3. The lowest BCUT2D eigenvalue weighted by Gasteiger charge is -2.22. The molecule has 42 heavy (non-hydrogen) atoms. The van der Waals surface area contributed by atoms with Crippen LogP contribution in [0.1, 0.15) is 60.2 Å². The smallest absolute Gasteiger partial charge is 0.407 e. The van der Waals surface area contributed by atoms with Gasteiger partial charge in [0.25, 0.3) is 5.91 Å². The molecule has 9 nitrogen and oxygen atoms in total. The standard InChI is InChI=1S/C33H37N5O4/c1-3-15-38(16-4-2)32(40)27-18-25-13-14-26(19-29(25)37-30(34)20-27)31(39)36-28-12-8-11-24(17-28)21-35-33(41)42-22-23-9-6-5-7-10-23/h5-14,17-19H,3-4,15-16,20-22H2,1-2H3,(H2,34,37)(H,35,41)(H,36,39). The first-order valence-electron chi connectivity index (χ1n) is 14.2. The zero-order valence-corrected chi connectivity index (χ0v) is 24.1. The summed E-state index contributed by atoms with van der Waals surface area (Å²) in [6.07, 6.45) is 3.29. The van der Waals surface area contributed by atoms with Crippen LogP contribution >= 0.6 is 0 Å². The highest BCUT2D eigenvalue weighted by Crippen LogP contribution is 2.29. The van der Waals surface area contributed by atoms with Crippen LogP contribution < -0.4 is 16.4 Å². The summed E-state index contributed by atoms with van der Waals surface area (Å²) < 4.78 is 5.25. The Morgan fingerprint density at radius 2 is 1.67 bits per heavy atom. The fourth-order valence-electron chi connectivity index (χ4n) is 4.64. The van der Waals surface area contributed by atoms with Gasteiger partial charge in [0.15, 0.2) is 0 Å². The summed E-state index contributed by atoms with van der Waals surface area (Å²) in [6, 6.07) is 21.8. The molecule has 1 heterocycles. The minimum absolute atomic E-state index is 0.0367. The lowest BCUT2D eigenvalue weighted by Crippen LogP contribution is -2.34. The third-order valence-electron chi connectivity index (χ3n) is 6.64. The van der Waals surface area contributed by atoms with Crippen LogP contribution in [0.15, 0.2) is 83.4 Å². The average Bonchev–Trinajstić information content (AvgIpc) is 3.16. The average molecular weight is 568 g/mol. The van der Waals surface area contributed by atoms with Crippen LogP contribution in [-0.2, 0) is 22.7 Å². The van der Waals surface area contributed by atoms with Crippen LogP contribution in [0.25, 0.3) is 6.08 Å². The summed E-state index contributed by atoms with van der Waals surface area (Å²) >= 11 is 0. The third kappa shape index (κ3) is 8.30. The van der Waals surface area contributed by atoms with Crippen molar-refractivity contribution in [2.45, 2.75) is 46.3 Å². The minimum atomic E-state index is -0.527. The number of ether oxygens (including phenoxy) is 1. The molecule has 0 bridgehead atoms. The number of carbonyl (C=O) groups excluding carboxylic acids is 3. The van der Waals surface area contributed by atoms with E-state index in [1.165, 1.54) is 0 Å². The number of anilines is 1. The SMILES string of the molecule is CCCN(CCC)C(=O)C1=Cc2ccc(C(=O)Nc3cccc(CNC(=O)OCc4ccccc4)c3)cc2N=C(N)C1. The molecule has 0 saturated heterocycles. The summed E-state index contributed by atoms with van der Waals surface area (Å²) in [5.74, 6) is -0.0350. The van der Waals surface area contributed by atoms with Gasteiger partial charge in [-0.15, -0.1) is 0 Å². The quantitative estimate of drug-likeness (QED) is 0.270. The number of nitrogens with zero attached hydrogens (tertiary/aromatic N) is 2. The first-order valence-corrected chi connectivity index (χ1v) is 14.2. The van der Waals surface area contributed by atoms with E-state index < -0.39 is 6.09 Å². The number of amidine groups is 1. The number of rotatable bonds is 11. The molecule has 0 atom stereocenters. The molecule has 3 amide bonds. The van der Waals surface area contributed by atoms with Gasteiger partial charge >= 0.3 is 6.09 Å². The molecule has 0 aromatic heterocycles. The predicted molar refractivity (Wildman–Crippen MR) is 165 cm³/mol. The van der Waals surface area contributed by atoms with E-state index in [-0.39, 0.29) is 31.4 Å². The molecule has 3 aromatic rings. The Labute approximate surface area is 246 Å². The molecule has 0 radical (unpaired) electrons. The highest BCUT2D eigenvalue weighted by atomic mass is 16.5. The summed E-state index contributed by atoms with van der Waals surface area (Å²) in [5.41, 5.74) is 10.7. The second-order valence-electron chi connectivity index (χ2n) is 10.1. The maximum atomic E-state index is 13.2. The van der Waals surface area contributed by atoms with Crippen LogP contribution in [0.4, 0.5) is 16.2 Å². The van der Waals surface area contributed by atoms with Crippen molar-refractivity contribution in [2.24, 2.45) is 10.7 Å². The van der Waals surface area contributed by atoms with Gasteiger partial charge < -0.3 is 26.0 Å². The molecule has 1 aliphatic rings. The van der Waals surface area contributed by atoms with E-state index in [9.17, 15) is 14.4 Å². The van der Waals surface area contributed by atoms with E-state index in [4.69, 9.17) is 10.5 Å². The Bertz CT molecular complexity index is 1480. The number of benzene rings is 3. The van der Waals surface area contributed by atoms with Crippen LogP contribution in [0, 0.1) is 0 Å². The molecule has 1 aliphatic heterocycles. The highest BCUT2D eigenvalue weighted by Gasteiger charge is 2.21. The molecule has 3 aromatic carbocycles. The number of hydrogen-bond acceptors (Lipinski definition) is 6. The van der Waals surface area contributed by atoms with E-state index in [2.05, 4.69) is 15.6 Å². The van der Waals surface area contributed by atoms with Gasteiger partial charge in [-0.3, -0.25) is 9.59 Å². The third-order valence-corrected chi connectivity index (χ3v) is 6.64. The number of fused-ring (bicyclic) bond motifs is 1. The molecule has 0 spiro atoms. The lowest BCUT2D eigenvalue weighted by atomic mass is 10.0. The minimum Gasteiger partial charge on any atom is -0.445 e. The summed E-state index contributed by atoms with van der Waals surface area (Å²) in [6.45, 7) is 5.89. The fraction of sp³-hybridized carbons (Fsp3) is 0.273. The number of nitrogens with one attached hydrogen (secondary N) is 2. The molecule has 0 aliphatic carbocycles. The Balaban J connectivity index is 1.40. The van der Waals surface area contributed by atoms with Gasteiger partial charge in [-0.25, -0.2) is 9.79 Å². The maximum absolute atomic E-state index is 13.2. The number of amides is 3. The van der Waals surface area contributed by atoms with E-state index in [0.717, 1.165) is 29.5 Å². The second kappa shape index (κ2) is 14.6. The molecule has 0 unspecified atom stereocenters. The molecule has 0 saturated carbocycles. The van der Waals surface area contributed by atoms with Gasteiger partial charge in [0.2, 0.25) is 5.91 Å². The van der Waals surface area contributed by atoms with Crippen molar-refractivity contribution in [3.63, 3.8) is 0 Å². The first kappa shape index (κ1) is 30.0. The Hall–Kier alpha value is -4.92. The Kier molecular flexibility index (Phi) is 10.5. The van der Waals surface area contributed by atoms with Gasteiger partial charge in [-0.05, 0) is 54.3 Å². The molecule has 218 valence electrons. The van der Waals surface area contributed by atoms with Crippen molar-refractivity contribution < 1.29 is 19.1 Å². The van der Waals surface area contributed by atoms with Crippen molar-refractivity contribution in [3.05, 3.63) is 101 Å². The van der Waals surface area contributed by atoms with Crippen molar-refractivity contribution in [3.8, 4) is 0 Å². The van der Waals surface area contributed by atoms with Gasteiger partial charge in [-0.1, -0.05) is 62.4 Å². The largest absolute Gasteiger partial charge is 0.445 e. The van der Waals surface area contributed by atoms with Crippen molar-refractivity contribution >= 4 is 41.2 Å². The number of aliphatic imine (C=N–C) groups is 1. The zero-order valence-electron chi connectivity index (χ0n) is 24.1. The fourth-order valence-corrected chi connectivity index (χ4v) is 4.64. The second-order valence-corrected chi connectivity index (χ2v) is 10.1. The van der Waals surface area contributed by atoms with Crippen LogP contribution in [0.5, 0.6) is 0 Å². The van der Waals surface area contributed by atoms with E-state index in [1.54, 1.807) is 36.4 Å². The molecular weight excluding hydrogens is 530 g/mol. The highest BCUT2D eigenvalue weighted by molar-refractivity contribution is 6.08. The van der Waals surface area contributed by atoms with E-state index in [0.29, 0.717) is 41.4 Å². The van der Waals surface area contributed by atoms with Gasteiger partial charge in [0, 0.05) is 48.4 Å². The normalized spacial score (nSPS) is 12.2. The van der Waals surface area contributed by atoms with Gasteiger partial charge in [-0.2, -0.15) is 0 Å². The summed E-state index contributed by atoms with van der Waals surface area (Å²) in [7, 11) is 0.